The normalized spacial score (nSPS) is 13.3. The van der Waals surface area contributed by atoms with Crippen molar-refractivity contribution >= 4 is 29.3 Å². The molecule has 4 rings (SSSR count). The maximum Gasteiger partial charge on any atom is 0.326 e. The first-order chi connectivity index (χ1) is 16.9. The van der Waals surface area contributed by atoms with Crippen LogP contribution in [0.2, 0.25) is 5.02 Å². The Morgan fingerprint density at radius 1 is 1.17 bits per heavy atom. The van der Waals surface area contributed by atoms with Crippen molar-refractivity contribution in [3.05, 3.63) is 87.6 Å². The van der Waals surface area contributed by atoms with E-state index in [2.05, 4.69) is 21.7 Å². The summed E-state index contributed by atoms with van der Waals surface area (Å²) in [6.07, 6.45) is 3.01. The molecule has 0 unspecified atom stereocenters. The average Bonchev–Trinajstić information content (AvgIpc) is 2.84. The number of rotatable bonds is 9. The van der Waals surface area contributed by atoms with E-state index in [9.17, 15) is 14.7 Å². The van der Waals surface area contributed by atoms with Crippen molar-refractivity contribution in [2.24, 2.45) is 0 Å². The third-order valence-electron chi connectivity index (χ3n) is 5.99. The summed E-state index contributed by atoms with van der Waals surface area (Å²) in [5.74, 6) is 0.0391. The van der Waals surface area contributed by atoms with Gasteiger partial charge in [-0.15, -0.1) is 0 Å². The molecule has 0 bridgehead atoms. The van der Waals surface area contributed by atoms with Gasteiger partial charge in [0, 0.05) is 25.1 Å². The third-order valence-corrected chi connectivity index (χ3v) is 6.31. The molecule has 0 saturated heterocycles. The van der Waals surface area contributed by atoms with E-state index in [1.54, 1.807) is 49.4 Å². The highest BCUT2D eigenvalue weighted by molar-refractivity contribution is 6.34. The van der Waals surface area contributed by atoms with Gasteiger partial charge >= 0.3 is 5.97 Å². The highest BCUT2D eigenvalue weighted by Crippen LogP contribution is 2.21. The van der Waals surface area contributed by atoms with Gasteiger partial charge in [0.05, 0.1) is 17.2 Å². The van der Waals surface area contributed by atoms with Crippen molar-refractivity contribution in [1.82, 2.24) is 10.3 Å². The second-order valence-electron chi connectivity index (χ2n) is 8.58. The number of carboxylic acid groups (broad SMARTS) is 1. The van der Waals surface area contributed by atoms with Gasteiger partial charge in [0.15, 0.2) is 0 Å². The van der Waals surface area contributed by atoms with Gasteiger partial charge in [-0.3, -0.25) is 4.79 Å². The quantitative estimate of drug-likeness (QED) is 0.407. The Hall–Kier alpha value is -3.58. The molecule has 1 atom stereocenters. The van der Waals surface area contributed by atoms with Gasteiger partial charge in [0.25, 0.3) is 5.91 Å². The Kier molecular flexibility index (Phi) is 7.87. The molecule has 1 aliphatic heterocycles. The van der Waals surface area contributed by atoms with Gasteiger partial charge in [0.1, 0.15) is 17.6 Å². The summed E-state index contributed by atoms with van der Waals surface area (Å²) in [5.41, 5.74) is 3.97. The van der Waals surface area contributed by atoms with Crippen LogP contribution in [0.4, 0.5) is 5.82 Å². The zero-order chi connectivity index (χ0) is 24.8. The summed E-state index contributed by atoms with van der Waals surface area (Å²) in [4.78, 5) is 29.1. The van der Waals surface area contributed by atoms with E-state index in [0.29, 0.717) is 24.3 Å². The molecular weight excluding hydrogens is 466 g/mol. The van der Waals surface area contributed by atoms with Gasteiger partial charge in [-0.05, 0) is 60.7 Å². The van der Waals surface area contributed by atoms with E-state index in [1.807, 2.05) is 6.07 Å². The molecule has 1 aliphatic rings. The number of nitrogens with zero attached hydrogens (tertiary/aromatic N) is 1. The Bertz CT molecular complexity index is 1190. The molecule has 3 aromatic rings. The van der Waals surface area contributed by atoms with Crippen LogP contribution in [0.15, 0.2) is 54.6 Å². The number of fused-ring (bicyclic) bond motifs is 1. The van der Waals surface area contributed by atoms with Crippen LogP contribution in [0.5, 0.6) is 5.75 Å². The lowest BCUT2D eigenvalue weighted by Crippen LogP contribution is -2.42. The van der Waals surface area contributed by atoms with Crippen LogP contribution in [0.1, 0.15) is 39.2 Å². The van der Waals surface area contributed by atoms with Crippen LogP contribution in [0.25, 0.3) is 0 Å². The zero-order valence-corrected chi connectivity index (χ0v) is 20.3. The van der Waals surface area contributed by atoms with E-state index in [-0.39, 0.29) is 17.0 Å². The summed E-state index contributed by atoms with van der Waals surface area (Å²) in [7, 11) is 0. The molecular formula is C27H28ClN3O4. The third kappa shape index (κ3) is 6.31. The highest BCUT2D eigenvalue weighted by Gasteiger charge is 2.23. The minimum absolute atomic E-state index is 0.136. The number of carbonyl (C=O) groups is 2. The number of anilines is 1. The Labute approximate surface area is 209 Å². The number of hydrogen-bond acceptors (Lipinski definition) is 5. The van der Waals surface area contributed by atoms with E-state index in [4.69, 9.17) is 16.3 Å². The number of carboxylic acids is 1. The van der Waals surface area contributed by atoms with Gasteiger partial charge in [-0.2, -0.15) is 0 Å². The molecule has 1 aromatic heterocycles. The molecule has 0 radical (unpaired) electrons. The number of benzene rings is 2. The first kappa shape index (κ1) is 24.5. The Morgan fingerprint density at radius 3 is 2.71 bits per heavy atom. The van der Waals surface area contributed by atoms with E-state index in [0.717, 1.165) is 36.5 Å². The summed E-state index contributed by atoms with van der Waals surface area (Å²) in [6.45, 7) is 3.20. The van der Waals surface area contributed by atoms with Crippen molar-refractivity contribution in [2.45, 2.75) is 38.6 Å². The van der Waals surface area contributed by atoms with Crippen molar-refractivity contribution in [3.8, 4) is 5.75 Å². The molecule has 8 heteroatoms. The lowest BCUT2D eigenvalue weighted by atomic mass is 10.0. The minimum Gasteiger partial charge on any atom is -0.493 e. The van der Waals surface area contributed by atoms with Crippen LogP contribution in [0, 0.1) is 6.92 Å². The van der Waals surface area contributed by atoms with Gasteiger partial charge in [-0.25, -0.2) is 9.78 Å². The average molecular weight is 494 g/mol. The molecule has 0 aliphatic carbocycles. The fraction of sp³-hybridized carbons (Fsp3) is 0.296. The fourth-order valence-corrected chi connectivity index (χ4v) is 4.40. The number of ether oxygens (including phenoxy) is 1. The Balaban J connectivity index is 1.31. The topological polar surface area (TPSA) is 101 Å². The first-order valence-electron chi connectivity index (χ1n) is 11.6. The van der Waals surface area contributed by atoms with Gasteiger partial charge in [-0.1, -0.05) is 41.9 Å². The van der Waals surface area contributed by atoms with Crippen molar-refractivity contribution < 1.29 is 19.4 Å². The van der Waals surface area contributed by atoms with Crippen LogP contribution >= 0.6 is 11.6 Å². The van der Waals surface area contributed by atoms with Gasteiger partial charge < -0.3 is 20.5 Å². The van der Waals surface area contributed by atoms with E-state index < -0.39 is 17.9 Å². The first-order valence-corrected chi connectivity index (χ1v) is 12.0. The smallest absolute Gasteiger partial charge is 0.326 e. The van der Waals surface area contributed by atoms with Crippen molar-refractivity contribution in [3.63, 3.8) is 0 Å². The largest absolute Gasteiger partial charge is 0.493 e. The maximum atomic E-state index is 12.7. The second kappa shape index (κ2) is 11.2. The van der Waals surface area contributed by atoms with E-state index in [1.165, 1.54) is 5.56 Å². The second-order valence-corrected chi connectivity index (χ2v) is 8.99. The predicted molar refractivity (Wildman–Crippen MR) is 135 cm³/mol. The number of halogens is 1. The number of aromatic nitrogens is 1. The molecule has 2 heterocycles. The molecule has 0 saturated carbocycles. The minimum atomic E-state index is -1.12. The number of aliphatic carboxylic acids is 1. The predicted octanol–water partition coefficient (Wildman–Crippen LogP) is 4.45. The van der Waals surface area contributed by atoms with E-state index >= 15 is 0 Å². The van der Waals surface area contributed by atoms with Crippen molar-refractivity contribution in [2.75, 3.05) is 18.5 Å². The molecule has 2 aromatic carbocycles. The number of pyridine rings is 1. The van der Waals surface area contributed by atoms with Crippen LogP contribution < -0.4 is 15.4 Å². The molecule has 1 amide bonds. The molecule has 0 spiro atoms. The van der Waals surface area contributed by atoms with Crippen LogP contribution in [0.3, 0.4) is 0 Å². The molecule has 3 N–H and O–H groups in total. The lowest BCUT2D eigenvalue weighted by Gasteiger charge is -2.17. The monoisotopic (exact) mass is 493 g/mol. The van der Waals surface area contributed by atoms with Crippen LogP contribution in [-0.4, -0.2) is 41.2 Å². The van der Waals surface area contributed by atoms with Gasteiger partial charge in [0.2, 0.25) is 0 Å². The molecule has 0 fully saturated rings. The molecule has 7 nitrogen and oxygen atoms in total. The zero-order valence-electron chi connectivity index (χ0n) is 19.5. The maximum absolute atomic E-state index is 12.7. The summed E-state index contributed by atoms with van der Waals surface area (Å²) in [6, 6.07) is 15.4. The lowest BCUT2D eigenvalue weighted by molar-refractivity contribution is -0.139. The highest BCUT2D eigenvalue weighted by atomic mass is 35.5. The van der Waals surface area contributed by atoms with Crippen molar-refractivity contribution in [1.29, 1.82) is 0 Å². The number of amides is 1. The molecule has 182 valence electrons. The SMILES string of the molecule is Cc1cccc(Cl)c1C(=O)N[C@@H](Cc1ccc(OCCc2ccc3c(n2)NCCC3)cc1)C(=O)O. The number of nitrogens with one attached hydrogen (secondary N) is 2. The fourth-order valence-electron chi connectivity index (χ4n) is 4.09. The number of aryl methyl sites for hydroxylation is 2. The summed E-state index contributed by atoms with van der Waals surface area (Å²) < 4.78 is 5.85. The summed E-state index contributed by atoms with van der Waals surface area (Å²) >= 11 is 6.15. The number of hydrogen-bond donors (Lipinski definition) is 3. The van der Waals surface area contributed by atoms with Crippen LogP contribution in [-0.2, 0) is 24.1 Å². The Morgan fingerprint density at radius 2 is 1.97 bits per heavy atom. The summed E-state index contributed by atoms with van der Waals surface area (Å²) in [5, 5.41) is 15.9. The standard InChI is InChI=1S/C27H28ClN3O4/c1-17-4-2-6-22(28)24(17)26(32)31-23(27(33)34)16-18-7-11-21(12-8-18)35-15-13-20-10-9-19-5-3-14-29-25(19)30-20/h2,4,6-12,23H,3,5,13-16H2,1H3,(H,29,30)(H,31,32)(H,33,34)/t23-/m0/s1. The molecule has 35 heavy (non-hydrogen) atoms. The number of carbonyl (C=O) groups excluding carboxylic acids is 1.